The summed E-state index contributed by atoms with van der Waals surface area (Å²) in [7, 11) is 0. The van der Waals surface area contributed by atoms with Gasteiger partial charge < -0.3 is 10.1 Å². The lowest BCUT2D eigenvalue weighted by molar-refractivity contribution is -0.149. The fourth-order valence-electron chi connectivity index (χ4n) is 1.98. The van der Waals surface area contributed by atoms with Gasteiger partial charge in [0.15, 0.2) is 13.2 Å². The largest absolute Gasteiger partial charge is 0.454 e. The molecule has 0 bridgehead atoms. The van der Waals surface area contributed by atoms with E-state index in [1.807, 2.05) is 16.8 Å². The lowest BCUT2D eigenvalue weighted by Crippen LogP contribution is -2.29. The molecule has 0 aliphatic rings. The standard InChI is InChI=1S/C16H14ClN5O3S/c17-13-3-1-11(2-4-13)7-18-14(23)9-25-15(24)8-22-20-16(19-21-22)12-5-6-26-10-12/h1-6,10H,7-9H2,(H,18,23). The quantitative estimate of drug-likeness (QED) is 0.618. The zero-order chi connectivity index (χ0) is 18.4. The van der Waals surface area contributed by atoms with Crippen LogP contribution in [-0.2, 0) is 27.4 Å². The van der Waals surface area contributed by atoms with E-state index in [1.165, 1.54) is 11.3 Å². The highest BCUT2D eigenvalue weighted by Gasteiger charge is 2.12. The van der Waals surface area contributed by atoms with Crippen LogP contribution < -0.4 is 5.32 Å². The fourth-order valence-corrected chi connectivity index (χ4v) is 2.74. The molecule has 10 heteroatoms. The zero-order valence-electron chi connectivity index (χ0n) is 13.5. The molecule has 0 saturated heterocycles. The molecule has 2 aromatic heterocycles. The topological polar surface area (TPSA) is 99.0 Å². The van der Waals surface area contributed by atoms with Crippen molar-refractivity contribution >= 4 is 34.8 Å². The van der Waals surface area contributed by atoms with Crippen LogP contribution in [0.4, 0.5) is 0 Å². The Labute approximate surface area is 157 Å². The highest BCUT2D eigenvalue weighted by molar-refractivity contribution is 7.08. The SMILES string of the molecule is O=C(COC(=O)Cn1nnc(-c2ccsc2)n1)NCc1ccc(Cl)cc1. The first kappa shape index (κ1) is 18.0. The molecule has 134 valence electrons. The number of esters is 1. The molecule has 0 atom stereocenters. The number of hydrogen-bond acceptors (Lipinski definition) is 7. The summed E-state index contributed by atoms with van der Waals surface area (Å²) in [5.74, 6) is -0.598. The highest BCUT2D eigenvalue weighted by Crippen LogP contribution is 2.16. The average molecular weight is 392 g/mol. The number of tetrazole rings is 1. The van der Waals surface area contributed by atoms with E-state index < -0.39 is 11.9 Å². The van der Waals surface area contributed by atoms with E-state index >= 15 is 0 Å². The minimum atomic E-state index is -0.624. The second kappa shape index (κ2) is 8.54. The normalized spacial score (nSPS) is 10.5. The molecule has 1 N–H and O–H groups in total. The lowest BCUT2D eigenvalue weighted by Gasteiger charge is -2.06. The number of thiophene rings is 1. The summed E-state index contributed by atoms with van der Waals surface area (Å²) in [5.41, 5.74) is 1.72. The van der Waals surface area contributed by atoms with Crippen LogP contribution in [0.1, 0.15) is 5.56 Å². The summed E-state index contributed by atoms with van der Waals surface area (Å²) in [4.78, 5) is 24.6. The van der Waals surface area contributed by atoms with Gasteiger partial charge in [0.05, 0.1) is 0 Å². The lowest BCUT2D eigenvalue weighted by atomic mass is 10.2. The van der Waals surface area contributed by atoms with Gasteiger partial charge in [-0.15, -0.1) is 10.2 Å². The summed E-state index contributed by atoms with van der Waals surface area (Å²) < 4.78 is 4.92. The van der Waals surface area contributed by atoms with Gasteiger partial charge in [-0.3, -0.25) is 4.79 Å². The Bertz CT molecular complexity index is 880. The van der Waals surface area contributed by atoms with Crippen molar-refractivity contribution in [3.05, 3.63) is 51.7 Å². The van der Waals surface area contributed by atoms with Gasteiger partial charge in [0.25, 0.3) is 5.91 Å². The number of ether oxygens (including phenoxy) is 1. The van der Waals surface area contributed by atoms with Crippen LogP contribution in [0.5, 0.6) is 0 Å². The van der Waals surface area contributed by atoms with E-state index in [-0.39, 0.29) is 13.2 Å². The minimum Gasteiger partial charge on any atom is -0.454 e. The molecular weight excluding hydrogens is 378 g/mol. The second-order valence-corrected chi connectivity index (χ2v) is 6.44. The molecule has 2 heterocycles. The Hall–Kier alpha value is -2.78. The molecule has 3 rings (SSSR count). The third kappa shape index (κ3) is 5.11. The Morgan fingerprint density at radius 2 is 2.04 bits per heavy atom. The van der Waals surface area contributed by atoms with Crippen molar-refractivity contribution in [3.8, 4) is 11.4 Å². The Morgan fingerprint density at radius 3 is 2.77 bits per heavy atom. The van der Waals surface area contributed by atoms with Crippen LogP contribution in [0.3, 0.4) is 0 Å². The van der Waals surface area contributed by atoms with E-state index in [9.17, 15) is 9.59 Å². The number of carbonyl (C=O) groups excluding carboxylic acids is 2. The summed E-state index contributed by atoms with van der Waals surface area (Å²) in [6, 6.07) is 8.93. The first-order valence-corrected chi connectivity index (χ1v) is 8.89. The molecule has 1 aromatic carbocycles. The van der Waals surface area contributed by atoms with Crippen LogP contribution in [-0.4, -0.2) is 38.7 Å². The average Bonchev–Trinajstić information content (AvgIpc) is 3.31. The van der Waals surface area contributed by atoms with Gasteiger partial charge >= 0.3 is 5.97 Å². The van der Waals surface area contributed by atoms with Gasteiger partial charge in [0, 0.05) is 22.5 Å². The van der Waals surface area contributed by atoms with Crippen LogP contribution in [0, 0.1) is 0 Å². The molecule has 1 amide bonds. The third-order valence-corrected chi connectivity index (χ3v) is 4.21. The molecule has 3 aromatic rings. The Kier molecular flexibility index (Phi) is 5.92. The molecule has 0 spiro atoms. The number of halogens is 1. The summed E-state index contributed by atoms with van der Waals surface area (Å²) in [6.07, 6.45) is 0. The van der Waals surface area contributed by atoms with E-state index in [4.69, 9.17) is 16.3 Å². The highest BCUT2D eigenvalue weighted by atomic mass is 35.5. The molecule has 0 aliphatic carbocycles. The molecule has 0 unspecified atom stereocenters. The summed E-state index contributed by atoms with van der Waals surface area (Å²) in [6.45, 7) is -0.276. The monoisotopic (exact) mass is 391 g/mol. The number of hydrogen-bond donors (Lipinski definition) is 1. The van der Waals surface area contributed by atoms with Crippen molar-refractivity contribution in [2.24, 2.45) is 0 Å². The predicted octanol–water partition coefficient (Wildman–Crippen LogP) is 1.91. The molecule has 26 heavy (non-hydrogen) atoms. The summed E-state index contributed by atoms with van der Waals surface area (Å²) >= 11 is 7.31. The van der Waals surface area contributed by atoms with Crippen LogP contribution in [0.15, 0.2) is 41.1 Å². The van der Waals surface area contributed by atoms with E-state index in [1.54, 1.807) is 24.3 Å². The maximum atomic E-state index is 11.8. The predicted molar refractivity (Wildman–Crippen MR) is 95.4 cm³/mol. The van der Waals surface area contributed by atoms with Crippen molar-refractivity contribution < 1.29 is 14.3 Å². The van der Waals surface area contributed by atoms with Crippen LogP contribution in [0.25, 0.3) is 11.4 Å². The molecule has 0 fully saturated rings. The van der Waals surface area contributed by atoms with E-state index in [0.29, 0.717) is 17.4 Å². The van der Waals surface area contributed by atoms with Crippen molar-refractivity contribution in [2.45, 2.75) is 13.1 Å². The Balaban J connectivity index is 1.41. The summed E-state index contributed by atoms with van der Waals surface area (Å²) in [5, 5.41) is 18.8. The van der Waals surface area contributed by atoms with E-state index in [0.717, 1.165) is 15.9 Å². The molecule has 0 saturated carbocycles. The van der Waals surface area contributed by atoms with Gasteiger partial charge in [0.1, 0.15) is 0 Å². The number of carbonyl (C=O) groups is 2. The third-order valence-electron chi connectivity index (χ3n) is 3.27. The number of benzene rings is 1. The van der Waals surface area contributed by atoms with Gasteiger partial charge in [-0.05, 0) is 34.4 Å². The van der Waals surface area contributed by atoms with Crippen molar-refractivity contribution in [1.82, 2.24) is 25.5 Å². The van der Waals surface area contributed by atoms with E-state index in [2.05, 4.69) is 20.7 Å². The van der Waals surface area contributed by atoms with Crippen molar-refractivity contribution in [1.29, 1.82) is 0 Å². The number of rotatable bonds is 7. The first-order valence-electron chi connectivity index (χ1n) is 7.57. The molecular formula is C16H14ClN5O3S. The zero-order valence-corrected chi connectivity index (χ0v) is 15.0. The van der Waals surface area contributed by atoms with Gasteiger partial charge in [0.2, 0.25) is 5.82 Å². The van der Waals surface area contributed by atoms with Crippen molar-refractivity contribution in [3.63, 3.8) is 0 Å². The van der Waals surface area contributed by atoms with Crippen LogP contribution in [0.2, 0.25) is 5.02 Å². The molecule has 0 aliphatic heterocycles. The van der Waals surface area contributed by atoms with Crippen LogP contribution >= 0.6 is 22.9 Å². The maximum absolute atomic E-state index is 11.8. The smallest absolute Gasteiger partial charge is 0.330 e. The number of aromatic nitrogens is 4. The van der Waals surface area contributed by atoms with Gasteiger partial charge in [-0.2, -0.15) is 16.1 Å². The number of nitrogens with one attached hydrogen (secondary N) is 1. The van der Waals surface area contributed by atoms with Crippen molar-refractivity contribution in [2.75, 3.05) is 6.61 Å². The van der Waals surface area contributed by atoms with Gasteiger partial charge in [-0.25, -0.2) is 4.79 Å². The van der Waals surface area contributed by atoms with Gasteiger partial charge in [-0.1, -0.05) is 23.7 Å². The molecule has 8 nitrogen and oxygen atoms in total. The Morgan fingerprint density at radius 1 is 1.23 bits per heavy atom. The maximum Gasteiger partial charge on any atom is 0.330 e. The first-order chi connectivity index (χ1) is 12.6. The number of amides is 1. The fraction of sp³-hybridized carbons (Fsp3) is 0.188. The number of nitrogens with zero attached hydrogens (tertiary/aromatic N) is 4. The minimum absolute atomic E-state index is 0.221. The molecule has 0 radical (unpaired) electrons. The second-order valence-electron chi connectivity index (χ2n) is 5.22.